The zero-order valence-electron chi connectivity index (χ0n) is 28.8. The lowest BCUT2D eigenvalue weighted by Gasteiger charge is -2.39. The van der Waals surface area contributed by atoms with Crippen LogP contribution in [0.3, 0.4) is 0 Å². The van der Waals surface area contributed by atoms with Crippen LogP contribution in [0.4, 0.5) is 4.79 Å². The second-order valence-electron chi connectivity index (χ2n) is 12.9. The van der Waals surface area contributed by atoms with Gasteiger partial charge in [-0.1, -0.05) is 53.6 Å². The van der Waals surface area contributed by atoms with Gasteiger partial charge in [-0.3, -0.25) is 14.8 Å². The van der Waals surface area contributed by atoms with Crippen LogP contribution in [0, 0.1) is 10.5 Å². The van der Waals surface area contributed by atoms with Gasteiger partial charge in [-0.05, 0) is 79.6 Å². The van der Waals surface area contributed by atoms with E-state index in [4.69, 9.17) is 21.3 Å². The van der Waals surface area contributed by atoms with Crippen molar-refractivity contribution in [1.29, 1.82) is 0 Å². The SMILES string of the molecule is CCOc1cc(Cl)c(S(=O)(=O)NC(C)C)cc1C1=N[C@@H](c2ccc(C)cc2)[C@@H](c2ccc(I)cc2)N1C(=O)N1CCN(CCS(C)(=O)=O)CC1. The molecule has 50 heavy (non-hydrogen) atoms. The first kappa shape index (κ1) is 38.5. The van der Waals surface area contributed by atoms with Crippen LogP contribution in [0.5, 0.6) is 5.75 Å². The summed E-state index contributed by atoms with van der Waals surface area (Å²) in [6.45, 7) is 9.68. The van der Waals surface area contributed by atoms with Gasteiger partial charge in [0.05, 0.1) is 29.0 Å². The average Bonchev–Trinajstić information content (AvgIpc) is 3.44. The molecular weight excluding hydrogens is 813 g/mol. The van der Waals surface area contributed by atoms with E-state index in [0.717, 1.165) is 20.3 Å². The number of sulfone groups is 1. The Morgan fingerprint density at radius 1 is 1.00 bits per heavy atom. The van der Waals surface area contributed by atoms with Crippen molar-refractivity contribution in [1.82, 2.24) is 19.4 Å². The largest absolute Gasteiger partial charge is 0.493 e. The minimum absolute atomic E-state index is 0.0173. The lowest BCUT2D eigenvalue weighted by atomic mass is 9.93. The number of aliphatic imine (C=N–C) groups is 1. The van der Waals surface area contributed by atoms with Gasteiger partial charge in [0.15, 0.2) is 0 Å². The van der Waals surface area contributed by atoms with E-state index in [-0.39, 0.29) is 40.2 Å². The highest BCUT2D eigenvalue weighted by molar-refractivity contribution is 14.1. The van der Waals surface area contributed by atoms with Crippen molar-refractivity contribution < 1.29 is 26.4 Å². The first-order valence-electron chi connectivity index (χ1n) is 16.4. The summed E-state index contributed by atoms with van der Waals surface area (Å²) in [6.07, 6.45) is 1.22. The van der Waals surface area contributed by atoms with Gasteiger partial charge in [-0.2, -0.15) is 0 Å². The van der Waals surface area contributed by atoms with Crippen molar-refractivity contribution in [2.45, 2.75) is 50.7 Å². The lowest BCUT2D eigenvalue weighted by molar-refractivity contribution is 0.122. The molecule has 1 saturated heterocycles. The number of amidine groups is 1. The quantitative estimate of drug-likeness (QED) is 0.247. The summed E-state index contributed by atoms with van der Waals surface area (Å²) in [6, 6.07) is 17.1. The number of aryl methyl sites for hydroxylation is 1. The third kappa shape index (κ3) is 8.99. The zero-order chi connectivity index (χ0) is 36.4. The van der Waals surface area contributed by atoms with Crippen LogP contribution in [0.25, 0.3) is 0 Å². The van der Waals surface area contributed by atoms with Crippen molar-refractivity contribution in [3.63, 3.8) is 0 Å². The topological polar surface area (TPSA) is 129 Å². The van der Waals surface area contributed by atoms with Crippen LogP contribution in [0.1, 0.15) is 55.1 Å². The number of rotatable bonds is 11. The van der Waals surface area contributed by atoms with Crippen LogP contribution in [-0.2, 0) is 19.9 Å². The van der Waals surface area contributed by atoms with E-state index in [0.29, 0.717) is 44.0 Å². The van der Waals surface area contributed by atoms with E-state index in [1.807, 2.05) is 67.3 Å². The number of urea groups is 1. The molecule has 0 unspecified atom stereocenters. The molecule has 2 heterocycles. The molecular formula is C35H43ClIN5O6S2. The van der Waals surface area contributed by atoms with Gasteiger partial charge < -0.3 is 9.64 Å². The Bertz CT molecular complexity index is 1950. The number of sulfonamides is 1. The Labute approximate surface area is 314 Å². The molecule has 5 rings (SSSR count). The van der Waals surface area contributed by atoms with Crippen molar-refractivity contribution >= 4 is 65.9 Å². The maximum atomic E-state index is 14.9. The molecule has 270 valence electrons. The van der Waals surface area contributed by atoms with E-state index in [2.05, 4.69) is 27.3 Å². The van der Waals surface area contributed by atoms with E-state index < -0.39 is 31.9 Å². The summed E-state index contributed by atoms with van der Waals surface area (Å²) in [5.41, 5.74) is 3.15. The predicted molar refractivity (Wildman–Crippen MR) is 205 cm³/mol. The van der Waals surface area contributed by atoms with E-state index in [9.17, 15) is 21.6 Å². The van der Waals surface area contributed by atoms with E-state index in [1.54, 1.807) is 23.6 Å². The van der Waals surface area contributed by atoms with Crippen LogP contribution in [0.2, 0.25) is 5.02 Å². The number of carbonyl (C=O) groups excluding carboxylic acids is 1. The van der Waals surface area contributed by atoms with E-state index >= 15 is 0 Å². The highest BCUT2D eigenvalue weighted by Gasteiger charge is 2.45. The first-order valence-corrected chi connectivity index (χ1v) is 21.4. The van der Waals surface area contributed by atoms with E-state index in [1.165, 1.54) is 18.4 Å². The van der Waals surface area contributed by atoms with Crippen molar-refractivity contribution in [3.8, 4) is 5.75 Å². The fraction of sp³-hybridized carbons (Fsp3) is 0.429. The van der Waals surface area contributed by atoms with Gasteiger partial charge in [-0.15, -0.1) is 0 Å². The molecule has 11 nitrogen and oxygen atoms in total. The summed E-state index contributed by atoms with van der Waals surface area (Å²) in [5, 5.41) is -0.0173. The third-order valence-corrected chi connectivity index (χ3v) is 12.3. The van der Waals surface area contributed by atoms with Gasteiger partial charge in [-0.25, -0.2) is 26.4 Å². The van der Waals surface area contributed by atoms with Crippen molar-refractivity contribution in [2.24, 2.45) is 4.99 Å². The number of hydrogen-bond donors (Lipinski definition) is 1. The third-order valence-electron chi connectivity index (χ3n) is 8.58. The number of ether oxygens (including phenoxy) is 1. The lowest BCUT2D eigenvalue weighted by Crippen LogP contribution is -2.54. The number of nitrogens with one attached hydrogen (secondary N) is 1. The summed E-state index contributed by atoms with van der Waals surface area (Å²) >= 11 is 8.85. The number of carbonyl (C=O) groups is 1. The Balaban J connectivity index is 1.67. The highest BCUT2D eigenvalue weighted by Crippen LogP contribution is 2.46. The molecule has 3 aromatic carbocycles. The fourth-order valence-electron chi connectivity index (χ4n) is 6.13. The minimum Gasteiger partial charge on any atom is -0.493 e. The van der Waals surface area contributed by atoms with Crippen molar-refractivity contribution in [3.05, 3.63) is 91.5 Å². The number of benzene rings is 3. The van der Waals surface area contributed by atoms with Crippen LogP contribution in [0.15, 0.2) is 70.6 Å². The average molecular weight is 856 g/mol. The number of piperazine rings is 1. The number of halogens is 2. The maximum absolute atomic E-state index is 14.9. The fourth-order valence-corrected chi connectivity index (χ4v) is 8.88. The zero-order valence-corrected chi connectivity index (χ0v) is 33.3. The van der Waals surface area contributed by atoms with Gasteiger partial charge in [0.2, 0.25) is 10.0 Å². The van der Waals surface area contributed by atoms with Gasteiger partial charge in [0, 0.05) is 54.7 Å². The Hall–Kier alpha value is -2.76. The Kier molecular flexibility index (Phi) is 12.2. The molecule has 2 aliphatic heterocycles. The molecule has 0 bridgehead atoms. The highest BCUT2D eigenvalue weighted by atomic mass is 127. The first-order chi connectivity index (χ1) is 23.6. The molecule has 2 amide bonds. The second-order valence-corrected chi connectivity index (χ2v) is 18.5. The molecule has 2 aliphatic rings. The molecule has 15 heteroatoms. The molecule has 0 radical (unpaired) electrons. The predicted octanol–water partition coefficient (Wildman–Crippen LogP) is 5.67. The molecule has 1 N–H and O–H groups in total. The molecule has 0 aromatic heterocycles. The smallest absolute Gasteiger partial charge is 0.326 e. The Morgan fingerprint density at radius 3 is 2.20 bits per heavy atom. The van der Waals surface area contributed by atoms with Crippen LogP contribution < -0.4 is 9.46 Å². The maximum Gasteiger partial charge on any atom is 0.326 e. The summed E-state index contributed by atoms with van der Waals surface area (Å²) in [5.74, 6) is 0.615. The van der Waals surface area contributed by atoms with Gasteiger partial charge in [0.25, 0.3) is 0 Å². The van der Waals surface area contributed by atoms with Gasteiger partial charge in [0.1, 0.15) is 32.4 Å². The monoisotopic (exact) mass is 855 g/mol. The minimum atomic E-state index is -4.05. The number of amides is 2. The molecule has 2 atom stereocenters. The summed E-state index contributed by atoms with van der Waals surface area (Å²) < 4.78 is 60.4. The second kappa shape index (κ2) is 15.9. The van der Waals surface area contributed by atoms with Crippen molar-refractivity contribution in [2.75, 3.05) is 51.3 Å². The van der Waals surface area contributed by atoms with Crippen LogP contribution >= 0.6 is 34.2 Å². The standard InChI is InChI=1S/C35H43ClIN5O6S2/c1-6-48-30-22-29(36)31(50(46,47)39-23(2)3)21-28(30)34-38-32(25-9-7-24(4)8-10-25)33(26-11-13-27(37)14-12-26)42(34)35(43)41-17-15-40(16-18-41)19-20-49(5,44)45/h7-14,21-23,32-33,39H,6,15-20H2,1-5H3/t32-,33+/m0/s1. The number of hydrogen-bond acceptors (Lipinski definition) is 8. The molecule has 0 saturated carbocycles. The molecule has 3 aromatic rings. The normalized spacial score (nSPS) is 18.8. The molecule has 0 aliphatic carbocycles. The number of nitrogens with zero attached hydrogens (tertiary/aromatic N) is 4. The van der Waals surface area contributed by atoms with Crippen LogP contribution in [-0.4, -0.2) is 101 Å². The molecule has 0 spiro atoms. The Morgan fingerprint density at radius 2 is 1.62 bits per heavy atom. The molecule has 1 fully saturated rings. The summed E-state index contributed by atoms with van der Waals surface area (Å²) in [7, 11) is -7.18. The summed E-state index contributed by atoms with van der Waals surface area (Å²) in [4.78, 5) is 25.5. The van der Waals surface area contributed by atoms with Gasteiger partial charge >= 0.3 is 6.03 Å².